The molecule has 0 radical (unpaired) electrons. The highest BCUT2D eigenvalue weighted by Crippen LogP contribution is 2.22. The second kappa shape index (κ2) is 12.5. The fraction of sp³-hybridized carbons (Fsp3) is 0.0294. The number of carbonyl (C=O) groups is 4. The lowest BCUT2D eigenvalue weighted by molar-refractivity contribution is 0.0895. The fourth-order valence-corrected chi connectivity index (χ4v) is 4.18. The van der Waals surface area contributed by atoms with E-state index in [0.29, 0.717) is 22.5 Å². The molecule has 42 heavy (non-hydrogen) atoms. The first kappa shape index (κ1) is 27.7. The van der Waals surface area contributed by atoms with Crippen molar-refractivity contribution in [3.05, 3.63) is 155 Å². The lowest BCUT2D eigenvalue weighted by Gasteiger charge is -2.21. The minimum absolute atomic E-state index is 0.174. The molecule has 4 aromatic carbocycles. The van der Waals surface area contributed by atoms with Gasteiger partial charge in [0.15, 0.2) is 0 Å². The van der Waals surface area contributed by atoms with Gasteiger partial charge < -0.3 is 10.6 Å². The first-order valence-corrected chi connectivity index (χ1v) is 13.1. The van der Waals surface area contributed by atoms with Crippen LogP contribution in [0.2, 0.25) is 0 Å². The highest BCUT2D eigenvalue weighted by Gasteiger charge is 2.27. The Morgan fingerprint density at radius 3 is 1.38 bits per heavy atom. The van der Waals surface area contributed by atoms with E-state index < -0.39 is 11.8 Å². The van der Waals surface area contributed by atoms with E-state index in [1.165, 1.54) is 6.20 Å². The second-order valence-corrected chi connectivity index (χ2v) is 9.43. The maximum Gasteiger partial charge on any atom is 0.266 e. The summed E-state index contributed by atoms with van der Waals surface area (Å²) in [6.07, 6.45) is 1.53. The van der Waals surface area contributed by atoms with Crippen LogP contribution >= 0.6 is 0 Å². The van der Waals surface area contributed by atoms with Gasteiger partial charge in [-0.05, 0) is 97.4 Å². The number of nitrogens with one attached hydrogen (secondary N) is 2. The van der Waals surface area contributed by atoms with Gasteiger partial charge >= 0.3 is 0 Å². The summed E-state index contributed by atoms with van der Waals surface area (Å²) in [5.41, 5.74) is 3.30. The molecule has 0 spiro atoms. The highest BCUT2D eigenvalue weighted by atomic mass is 16.2. The summed E-state index contributed by atoms with van der Waals surface area (Å²) >= 11 is 0. The second-order valence-electron chi connectivity index (χ2n) is 9.43. The molecule has 0 bridgehead atoms. The number of nitrogens with zero attached hydrogens (tertiary/aromatic N) is 2. The molecule has 0 aliphatic rings. The Morgan fingerprint density at radius 1 is 0.548 bits per heavy atom. The molecule has 1 aromatic heterocycles. The molecule has 0 fully saturated rings. The van der Waals surface area contributed by atoms with E-state index in [0.717, 1.165) is 10.5 Å². The molecule has 0 saturated heterocycles. The van der Waals surface area contributed by atoms with Crippen LogP contribution in [0.25, 0.3) is 0 Å². The minimum Gasteiger partial charge on any atom is -0.322 e. The molecular weight excluding hydrogens is 528 g/mol. The maximum atomic E-state index is 13.7. The average Bonchev–Trinajstić information content (AvgIpc) is 3.02. The number of amides is 4. The molecule has 8 nitrogen and oxygen atoms in total. The Hall–Kier alpha value is -5.89. The molecule has 0 saturated carbocycles. The number of benzene rings is 4. The van der Waals surface area contributed by atoms with Gasteiger partial charge in [0, 0.05) is 39.8 Å². The van der Waals surface area contributed by atoms with Crippen molar-refractivity contribution in [3.63, 3.8) is 0 Å². The molecule has 8 heteroatoms. The van der Waals surface area contributed by atoms with Crippen LogP contribution in [0.3, 0.4) is 0 Å². The first-order chi connectivity index (χ1) is 20.4. The number of anilines is 3. The zero-order chi connectivity index (χ0) is 29.5. The van der Waals surface area contributed by atoms with Crippen molar-refractivity contribution in [2.75, 3.05) is 15.5 Å². The Bertz CT molecular complexity index is 1630. The van der Waals surface area contributed by atoms with Crippen LogP contribution in [0.4, 0.5) is 17.2 Å². The third-order valence-corrected chi connectivity index (χ3v) is 6.39. The van der Waals surface area contributed by atoms with Gasteiger partial charge in [0.2, 0.25) is 0 Å². The molecule has 2 N–H and O–H groups in total. The first-order valence-electron chi connectivity index (χ1n) is 13.1. The molecule has 5 rings (SSSR count). The lowest BCUT2D eigenvalue weighted by Crippen LogP contribution is -2.37. The van der Waals surface area contributed by atoms with Crippen molar-refractivity contribution in [1.82, 2.24) is 4.98 Å². The van der Waals surface area contributed by atoms with Gasteiger partial charge in [-0.3, -0.25) is 19.2 Å². The summed E-state index contributed by atoms with van der Waals surface area (Å²) in [6.45, 7) is 1.84. The van der Waals surface area contributed by atoms with Gasteiger partial charge in [0.25, 0.3) is 23.6 Å². The maximum absolute atomic E-state index is 13.7. The number of hydrogen-bond donors (Lipinski definition) is 2. The number of aromatic nitrogens is 1. The van der Waals surface area contributed by atoms with Crippen LogP contribution in [0.5, 0.6) is 0 Å². The SMILES string of the molecule is Cc1ccnc(N(C(=O)c2ccc(NC(=O)c3ccccc3)cc2)C(=O)c2ccc(NC(=O)c3ccccc3)cc2)c1. The normalized spacial score (nSPS) is 10.4. The van der Waals surface area contributed by atoms with Crippen molar-refractivity contribution in [2.24, 2.45) is 0 Å². The Kier molecular flexibility index (Phi) is 8.25. The smallest absolute Gasteiger partial charge is 0.266 e. The number of hydrogen-bond acceptors (Lipinski definition) is 5. The number of rotatable bonds is 7. The molecule has 0 aliphatic heterocycles. The zero-order valence-corrected chi connectivity index (χ0v) is 22.7. The van der Waals surface area contributed by atoms with Gasteiger partial charge in [-0.25, -0.2) is 9.88 Å². The van der Waals surface area contributed by atoms with Crippen LogP contribution < -0.4 is 15.5 Å². The monoisotopic (exact) mass is 554 g/mol. The third-order valence-electron chi connectivity index (χ3n) is 6.39. The van der Waals surface area contributed by atoms with Crippen molar-refractivity contribution >= 4 is 40.8 Å². The van der Waals surface area contributed by atoms with E-state index in [2.05, 4.69) is 15.6 Å². The average molecular weight is 555 g/mol. The number of aryl methyl sites for hydroxylation is 1. The van der Waals surface area contributed by atoms with E-state index in [9.17, 15) is 19.2 Å². The lowest BCUT2D eigenvalue weighted by atomic mass is 10.1. The quantitative estimate of drug-likeness (QED) is 0.227. The summed E-state index contributed by atoms with van der Waals surface area (Å²) in [7, 11) is 0. The molecule has 0 atom stereocenters. The van der Waals surface area contributed by atoms with Crippen molar-refractivity contribution < 1.29 is 19.2 Å². The Balaban J connectivity index is 1.36. The zero-order valence-electron chi connectivity index (χ0n) is 22.7. The largest absolute Gasteiger partial charge is 0.322 e. The molecule has 0 unspecified atom stereocenters. The molecule has 206 valence electrons. The molecule has 4 amide bonds. The van der Waals surface area contributed by atoms with Gasteiger partial charge in [0.1, 0.15) is 5.82 Å². The predicted octanol–water partition coefficient (Wildman–Crippen LogP) is 6.38. The summed E-state index contributed by atoms with van der Waals surface area (Å²) in [6, 6.07) is 33.6. The number of imide groups is 1. The van der Waals surface area contributed by atoms with Crippen LogP contribution in [0, 0.1) is 6.92 Å². The minimum atomic E-state index is -0.583. The van der Waals surface area contributed by atoms with E-state index in [1.807, 2.05) is 19.1 Å². The predicted molar refractivity (Wildman–Crippen MR) is 162 cm³/mol. The van der Waals surface area contributed by atoms with Gasteiger partial charge in [-0.2, -0.15) is 0 Å². The third kappa shape index (κ3) is 6.46. The molecule has 5 aromatic rings. The summed E-state index contributed by atoms with van der Waals surface area (Å²) in [4.78, 5) is 57.7. The standard InChI is InChI=1S/C34H26N4O4/c1-23-20-21-35-30(22-23)38(33(41)26-12-16-28(17-13-26)36-31(39)24-8-4-2-5-9-24)34(42)27-14-18-29(19-15-27)37-32(40)25-10-6-3-7-11-25/h2-22H,1H3,(H,36,39)(H,37,40). The van der Waals surface area contributed by atoms with Crippen LogP contribution in [0.1, 0.15) is 47.0 Å². The fourth-order valence-electron chi connectivity index (χ4n) is 4.18. The van der Waals surface area contributed by atoms with Gasteiger partial charge in [-0.1, -0.05) is 36.4 Å². The highest BCUT2D eigenvalue weighted by molar-refractivity contribution is 6.25. The summed E-state index contributed by atoms with van der Waals surface area (Å²) in [5, 5.41) is 5.59. The van der Waals surface area contributed by atoms with Crippen molar-refractivity contribution in [2.45, 2.75) is 6.92 Å². The van der Waals surface area contributed by atoms with Crippen LogP contribution in [0.15, 0.2) is 128 Å². The topological polar surface area (TPSA) is 108 Å². The van der Waals surface area contributed by atoms with Gasteiger partial charge in [0.05, 0.1) is 0 Å². The summed E-state index contributed by atoms with van der Waals surface area (Å²) in [5.74, 6) is -1.55. The number of pyridine rings is 1. The molecule has 0 aliphatic carbocycles. The Labute approximate surface area is 242 Å². The Morgan fingerprint density at radius 2 is 0.976 bits per heavy atom. The van der Waals surface area contributed by atoms with Crippen molar-refractivity contribution in [1.29, 1.82) is 0 Å². The van der Waals surface area contributed by atoms with E-state index in [1.54, 1.807) is 109 Å². The van der Waals surface area contributed by atoms with Crippen LogP contribution in [-0.4, -0.2) is 28.6 Å². The van der Waals surface area contributed by atoms with Gasteiger partial charge in [-0.15, -0.1) is 0 Å². The van der Waals surface area contributed by atoms with Crippen LogP contribution in [-0.2, 0) is 0 Å². The van der Waals surface area contributed by atoms with E-state index in [4.69, 9.17) is 0 Å². The number of carbonyl (C=O) groups excluding carboxylic acids is 4. The summed E-state index contributed by atoms with van der Waals surface area (Å²) < 4.78 is 0. The van der Waals surface area contributed by atoms with Crippen molar-refractivity contribution in [3.8, 4) is 0 Å². The van der Waals surface area contributed by atoms with E-state index >= 15 is 0 Å². The van der Waals surface area contributed by atoms with E-state index in [-0.39, 0.29) is 28.8 Å². The molecule has 1 heterocycles. The molecular formula is C34H26N4O4.